The van der Waals surface area contributed by atoms with Crippen molar-refractivity contribution < 1.29 is 9.18 Å². The van der Waals surface area contributed by atoms with Crippen molar-refractivity contribution in [3.8, 4) is 0 Å². The van der Waals surface area contributed by atoms with Crippen molar-refractivity contribution in [3.63, 3.8) is 0 Å². The zero-order valence-electron chi connectivity index (χ0n) is 8.38. The van der Waals surface area contributed by atoms with Crippen LogP contribution in [-0.2, 0) is 4.79 Å². The van der Waals surface area contributed by atoms with E-state index in [4.69, 9.17) is 0 Å². The van der Waals surface area contributed by atoms with Crippen LogP contribution in [0, 0.1) is 5.82 Å². The summed E-state index contributed by atoms with van der Waals surface area (Å²) in [6.07, 6.45) is 0.444. The van der Waals surface area contributed by atoms with Crippen LogP contribution in [-0.4, -0.2) is 5.91 Å². The molecule has 0 radical (unpaired) electrons. The van der Waals surface area contributed by atoms with Crippen molar-refractivity contribution in [1.82, 2.24) is 5.32 Å². The van der Waals surface area contributed by atoms with Crippen molar-refractivity contribution in [3.05, 3.63) is 35.6 Å². The maximum absolute atomic E-state index is 12.8. The van der Waals surface area contributed by atoms with Gasteiger partial charge in [0.25, 0.3) is 0 Å². The molecule has 0 aliphatic heterocycles. The lowest BCUT2D eigenvalue weighted by Gasteiger charge is -2.13. The molecular weight excluding hydrogens is 181 g/mol. The lowest BCUT2D eigenvalue weighted by Crippen LogP contribution is -2.25. The molecule has 1 N–H and O–H groups in total. The van der Waals surface area contributed by atoms with Gasteiger partial charge in [-0.25, -0.2) is 4.39 Å². The zero-order chi connectivity index (χ0) is 10.6. The Balaban J connectivity index is 2.69. The molecule has 0 aromatic heterocycles. The molecule has 0 fully saturated rings. The normalized spacial score (nSPS) is 12.2. The van der Waals surface area contributed by atoms with Crippen LogP contribution in [0.1, 0.15) is 31.9 Å². The summed E-state index contributed by atoms with van der Waals surface area (Å²) < 4.78 is 12.8. The van der Waals surface area contributed by atoms with Crippen LogP contribution in [0.15, 0.2) is 24.3 Å². The number of carbonyl (C=O) groups excluding carboxylic acids is 1. The quantitative estimate of drug-likeness (QED) is 0.788. The minimum atomic E-state index is -0.278. The third-order valence-corrected chi connectivity index (χ3v) is 2.05. The second-order valence-corrected chi connectivity index (χ2v) is 3.20. The Morgan fingerprint density at radius 3 is 2.86 bits per heavy atom. The van der Waals surface area contributed by atoms with Gasteiger partial charge in [-0.15, -0.1) is 0 Å². The molecule has 0 spiro atoms. The van der Waals surface area contributed by atoms with Crippen LogP contribution < -0.4 is 5.32 Å². The summed E-state index contributed by atoms with van der Waals surface area (Å²) in [5.41, 5.74) is 0.784. The van der Waals surface area contributed by atoms with E-state index in [1.165, 1.54) is 12.1 Å². The Morgan fingerprint density at radius 2 is 2.29 bits per heavy atom. The number of carbonyl (C=O) groups is 1. The fourth-order valence-electron chi connectivity index (χ4n) is 1.20. The van der Waals surface area contributed by atoms with Crippen molar-refractivity contribution in [2.75, 3.05) is 0 Å². The topological polar surface area (TPSA) is 29.1 Å². The van der Waals surface area contributed by atoms with E-state index in [0.29, 0.717) is 6.42 Å². The minimum Gasteiger partial charge on any atom is -0.350 e. The van der Waals surface area contributed by atoms with Gasteiger partial charge in [0.2, 0.25) is 5.91 Å². The molecule has 14 heavy (non-hydrogen) atoms. The summed E-state index contributed by atoms with van der Waals surface area (Å²) in [5.74, 6) is -0.304. The average Bonchev–Trinajstić information content (AvgIpc) is 2.17. The summed E-state index contributed by atoms with van der Waals surface area (Å²) >= 11 is 0. The molecule has 0 aliphatic rings. The Bertz CT molecular complexity index is 325. The highest BCUT2D eigenvalue weighted by Crippen LogP contribution is 2.13. The van der Waals surface area contributed by atoms with E-state index in [-0.39, 0.29) is 17.8 Å². The highest BCUT2D eigenvalue weighted by molar-refractivity contribution is 5.75. The van der Waals surface area contributed by atoms with Gasteiger partial charge in [0.15, 0.2) is 0 Å². The fourth-order valence-corrected chi connectivity index (χ4v) is 1.20. The van der Waals surface area contributed by atoms with E-state index in [2.05, 4.69) is 5.32 Å². The van der Waals surface area contributed by atoms with Crippen molar-refractivity contribution in [1.29, 1.82) is 0 Å². The molecule has 1 atom stereocenters. The molecule has 2 nitrogen and oxygen atoms in total. The first-order chi connectivity index (χ1) is 6.63. The highest BCUT2D eigenvalue weighted by atomic mass is 19.1. The lowest BCUT2D eigenvalue weighted by molar-refractivity contribution is -0.121. The summed E-state index contributed by atoms with van der Waals surface area (Å²) in [5, 5.41) is 2.77. The monoisotopic (exact) mass is 195 g/mol. The van der Waals surface area contributed by atoms with E-state index < -0.39 is 0 Å². The van der Waals surface area contributed by atoms with E-state index >= 15 is 0 Å². The Labute approximate surface area is 83.1 Å². The van der Waals surface area contributed by atoms with Crippen LogP contribution in [0.2, 0.25) is 0 Å². The molecule has 1 aromatic rings. The first-order valence-corrected chi connectivity index (χ1v) is 4.68. The van der Waals surface area contributed by atoms with E-state index in [1.54, 1.807) is 19.1 Å². The fraction of sp³-hybridized carbons (Fsp3) is 0.364. The first kappa shape index (κ1) is 10.7. The van der Waals surface area contributed by atoms with Gasteiger partial charge in [-0.05, 0) is 24.6 Å². The molecule has 0 saturated carbocycles. The number of hydrogen-bond acceptors (Lipinski definition) is 1. The van der Waals surface area contributed by atoms with Crippen LogP contribution in [0.4, 0.5) is 4.39 Å². The van der Waals surface area contributed by atoms with E-state index in [9.17, 15) is 9.18 Å². The van der Waals surface area contributed by atoms with Crippen molar-refractivity contribution in [2.45, 2.75) is 26.3 Å². The standard InChI is InChI=1S/C11H14FNO/c1-3-11(14)13-8(2)9-5-4-6-10(12)7-9/h4-8H,3H2,1-2H3,(H,13,14)/t8-/m1/s1. The Hall–Kier alpha value is -1.38. The van der Waals surface area contributed by atoms with E-state index in [1.807, 2.05) is 6.92 Å². The molecule has 0 bridgehead atoms. The molecule has 1 amide bonds. The number of amides is 1. The van der Waals surface area contributed by atoms with Gasteiger partial charge in [0.05, 0.1) is 6.04 Å². The predicted octanol–water partition coefficient (Wildman–Crippen LogP) is 2.41. The number of rotatable bonds is 3. The van der Waals surface area contributed by atoms with Gasteiger partial charge in [-0.1, -0.05) is 19.1 Å². The van der Waals surface area contributed by atoms with Gasteiger partial charge >= 0.3 is 0 Å². The maximum atomic E-state index is 12.8. The summed E-state index contributed by atoms with van der Waals surface area (Å²) in [6.45, 7) is 3.62. The molecule has 0 unspecified atom stereocenters. The van der Waals surface area contributed by atoms with Gasteiger partial charge in [-0.2, -0.15) is 0 Å². The molecule has 76 valence electrons. The first-order valence-electron chi connectivity index (χ1n) is 4.68. The summed E-state index contributed by atoms with van der Waals surface area (Å²) in [4.78, 5) is 11.1. The molecule has 1 aromatic carbocycles. The third kappa shape index (κ3) is 2.83. The van der Waals surface area contributed by atoms with Gasteiger partial charge in [0.1, 0.15) is 5.82 Å². The molecular formula is C11H14FNO. The van der Waals surface area contributed by atoms with Gasteiger partial charge in [-0.3, -0.25) is 4.79 Å². The van der Waals surface area contributed by atoms with Gasteiger partial charge in [0, 0.05) is 6.42 Å². The van der Waals surface area contributed by atoms with E-state index in [0.717, 1.165) is 5.56 Å². The number of halogens is 1. The summed E-state index contributed by atoms with van der Waals surface area (Å²) in [7, 11) is 0. The zero-order valence-corrected chi connectivity index (χ0v) is 8.38. The number of benzene rings is 1. The van der Waals surface area contributed by atoms with Crippen molar-refractivity contribution >= 4 is 5.91 Å². The smallest absolute Gasteiger partial charge is 0.220 e. The number of nitrogens with one attached hydrogen (secondary N) is 1. The van der Waals surface area contributed by atoms with Crippen LogP contribution >= 0.6 is 0 Å². The van der Waals surface area contributed by atoms with Crippen molar-refractivity contribution in [2.24, 2.45) is 0 Å². The lowest BCUT2D eigenvalue weighted by atomic mass is 10.1. The highest BCUT2D eigenvalue weighted by Gasteiger charge is 2.07. The second-order valence-electron chi connectivity index (χ2n) is 3.20. The number of hydrogen-bond donors (Lipinski definition) is 1. The molecule has 1 rings (SSSR count). The Morgan fingerprint density at radius 1 is 1.57 bits per heavy atom. The van der Waals surface area contributed by atoms with Crippen LogP contribution in [0.3, 0.4) is 0 Å². The third-order valence-electron chi connectivity index (χ3n) is 2.05. The summed E-state index contributed by atoms with van der Waals surface area (Å²) in [6, 6.07) is 6.11. The molecule has 0 aliphatic carbocycles. The van der Waals surface area contributed by atoms with Crippen LogP contribution in [0.25, 0.3) is 0 Å². The average molecular weight is 195 g/mol. The van der Waals surface area contributed by atoms with Crippen LogP contribution in [0.5, 0.6) is 0 Å². The maximum Gasteiger partial charge on any atom is 0.220 e. The minimum absolute atomic E-state index is 0.0261. The SMILES string of the molecule is CCC(=O)N[C@H](C)c1cccc(F)c1. The molecule has 0 saturated heterocycles. The Kier molecular flexibility index (Phi) is 3.63. The second kappa shape index (κ2) is 4.74. The largest absolute Gasteiger partial charge is 0.350 e. The predicted molar refractivity (Wildman–Crippen MR) is 53.2 cm³/mol. The molecule has 3 heteroatoms. The molecule has 0 heterocycles. The van der Waals surface area contributed by atoms with Gasteiger partial charge < -0.3 is 5.32 Å².